The molecule has 10 heteroatoms. The summed E-state index contributed by atoms with van der Waals surface area (Å²) in [7, 11) is 0. The number of hydrogen-bond donors (Lipinski definition) is 6. The number of rotatable bonds is 0. The molecule has 1 aliphatic carbocycles. The van der Waals surface area contributed by atoms with Crippen molar-refractivity contribution < 1.29 is 34.6 Å². The van der Waals surface area contributed by atoms with E-state index in [0.717, 1.165) is 0 Å². The Kier molecular flexibility index (Phi) is 1.89. The third-order valence-electron chi connectivity index (χ3n) is 5.42. The summed E-state index contributed by atoms with van der Waals surface area (Å²) in [5, 5.41) is 44.6. The Hall–Kier alpha value is -1.01. The summed E-state index contributed by atoms with van der Waals surface area (Å²) in [6, 6.07) is 0. The summed E-state index contributed by atoms with van der Waals surface area (Å²) in [6.45, 7) is 0.268. The number of aliphatic hydroxyl groups excluding tert-OH is 3. The first-order chi connectivity index (χ1) is 9.85. The third-order valence-corrected chi connectivity index (χ3v) is 5.42. The fraction of sp³-hybridized carbons (Fsp3) is 0.909. The first-order valence-corrected chi connectivity index (χ1v) is 6.73. The summed E-state index contributed by atoms with van der Waals surface area (Å²) in [5.41, 5.74) is 3.18. The Bertz CT molecular complexity index is 568. The zero-order valence-electron chi connectivity index (χ0n) is 10.7. The van der Waals surface area contributed by atoms with E-state index in [-0.39, 0.29) is 12.6 Å². The highest BCUT2D eigenvalue weighted by molar-refractivity contribution is 5.80. The topological polar surface area (TPSA) is 162 Å². The van der Waals surface area contributed by atoms with Crippen molar-refractivity contribution in [3.63, 3.8) is 0 Å². The van der Waals surface area contributed by atoms with E-state index in [9.17, 15) is 20.4 Å². The molecule has 0 amide bonds. The number of hydrogen-bond acceptors (Lipinski definition) is 10. The van der Waals surface area contributed by atoms with Gasteiger partial charge in [0.1, 0.15) is 29.5 Å². The van der Waals surface area contributed by atoms with Gasteiger partial charge in [0.2, 0.25) is 0 Å². The highest BCUT2D eigenvalue weighted by atomic mass is 16.9. The second-order valence-electron chi connectivity index (χ2n) is 6.31. The van der Waals surface area contributed by atoms with Crippen LogP contribution in [-0.4, -0.2) is 80.7 Å². The highest BCUT2D eigenvalue weighted by Crippen LogP contribution is 2.62. The van der Waals surface area contributed by atoms with Gasteiger partial charge in [-0.25, -0.2) is 4.99 Å². The van der Waals surface area contributed by atoms with Crippen LogP contribution in [0.2, 0.25) is 0 Å². The molecule has 21 heavy (non-hydrogen) atoms. The molecule has 2 spiro atoms. The van der Waals surface area contributed by atoms with Gasteiger partial charge in [0.05, 0.1) is 12.5 Å². The lowest BCUT2D eigenvalue weighted by Crippen LogP contribution is -2.93. The largest absolute Gasteiger partial charge is 0.388 e. The molecule has 9 atom stereocenters. The monoisotopic (exact) mass is 301 g/mol. The van der Waals surface area contributed by atoms with Crippen molar-refractivity contribution in [3.05, 3.63) is 0 Å². The Labute approximate surface area is 118 Å². The van der Waals surface area contributed by atoms with Crippen LogP contribution in [-0.2, 0) is 14.2 Å². The minimum atomic E-state index is -2.29. The van der Waals surface area contributed by atoms with Crippen molar-refractivity contribution in [2.45, 2.75) is 47.8 Å². The first kappa shape index (κ1) is 12.5. The van der Waals surface area contributed by atoms with Gasteiger partial charge >= 0.3 is 5.97 Å². The number of nitrogens with one attached hydrogen (secondary N) is 1. The molecule has 4 unspecified atom stereocenters. The van der Waals surface area contributed by atoms with Crippen molar-refractivity contribution in [2.75, 3.05) is 6.61 Å². The van der Waals surface area contributed by atoms with E-state index >= 15 is 0 Å². The van der Waals surface area contributed by atoms with E-state index in [1.807, 2.05) is 0 Å². The summed E-state index contributed by atoms with van der Waals surface area (Å²) in [6.07, 6.45) is -5.90. The summed E-state index contributed by atoms with van der Waals surface area (Å²) in [4.78, 5) is 3.83. The van der Waals surface area contributed by atoms with Gasteiger partial charge in [-0.2, -0.15) is 0 Å². The predicted octanol–water partition coefficient (Wildman–Crippen LogP) is -4.47. The molecule has 0 aromatic rings. The van der Waals surface area contributed by atoms with Gasteiger partial charge < -0.3 is 45.7 Å². The molecule has 0 radical (unpaired) electrons. The lowest BCUT2D eigenvalue weighted by molar-refractivity contribution is -0.529. The molecule has 0 aromatic heterocycles. The molecular formula is C11H15N3O7. The summed E-state index contributed by atoms with van der Waals surface area (Å²) in [5.74, 6) is -3.25. The van der Waals surface area contributed by atoms with Crippen LogP contribution in [0.3, 0.4) is 0 Å². The standard InChI is InChI=1S/C11H15N3O7/c12-8-13-6(16)2-4-9(1-19-9)5-3(15)10(2,14-8)7(17)11(18,20-4)21-5/h2-7,15-18H,1H2,(H3,12,13,14)/t2?,3-,4?,5?,6-,7+,9+,10-,11?/m1/s1. The van der Waals surface area contributed by atoms with Crippen LogP contribution in [0.5, 0.6) is 0 Å². The van der Waals surface area contributed by atoms with Crippen molar-refractivity contribution in [1.29, 1.82) is 0 Å². The fourth-order valence-corrected chi connectivity index (χ4v) is 4.45. The number of ether oxygens (including phenoxy) is 3. The highest BCUT2D eigenvalue weighted by Gasteiger charge is 2.86. The lowest BCUT2D eigenvalue weighted by Gasteiger charge is -2.69. The number of nitrogens with zero attached hydrogens (tertiary/aromatic N) is 1. The summed E-state index contributed by atoms with van der Waals surface area (Å²) >= 11 is 0. The second kappa shape index (κ2) is 3.18. The van der Waals surface area contributed by atoms with Crippen LogP contribution in [0.1, 0.15) is 0 Å². The van der Waals surface area contributed by atoms with Crippen molar-refractivity contribution >= 4 is 5.96 Å². The molecule has 4 saturated heterocycles. The Morgan fingerprint density at radius 3 is 2.57 bits per heavy atom. The second-order valence-corrected chi connectivity index (χ2v) is 6.31. The quantitative estimate of drug-likeness (QED) is 0.242. The maximum Gasteiger partial charge on any atom is 0.311 e. The van der Waals surface area contributed by atoms with E-state index in [2.05, 4.69) is 10.3 Å². The lowest BCUT2D eigenvalue weighted by atomic mass is 9.56. The molecule has 0 aromatic carbocycles. The van der Waals surface area contributed by atoms with E-state index in [4.69, 9.17) is 19.9 Å². The van der Waals surface area contributed by atoms with Crippen LogP contribution >= 0.6 is 0 Å². The van der Waals surface area contributed by atoms with E-state index in [0.29, 0.717) is 0 Å². The van der Waals surface area contributed by atoms with Crippen LogP contribution in [0.15, 0.2) is 4.99 Å². The molecule has 6 aliphatic rings. The fourth-order valence-electron chi connectivity index (χ4n) is 4.45. The zero-order valence-corrected chi connectivity index (χ0v) is 10.7. The molecular weight excluding hydrogens is 286 g/mol. The third kappa shape index (κ3) is 1.09. The van der Waals surface area contributed by atoms with E-state index in [1.165, 1.54) is 0 Å². The average molecular weight is 301 g/mol. The molecule has 5 aliphatic heterocycles. The van der Waals surface area contributed by atoms with Gasteiger partial charge in [0, 0.05) is 0 Å². The average Bonchev–Trinajstić information content (AvgIpc) is 3.18. The first-order valence-electron chi connectivity index (χ1n) is 6.73. The van der Waals surface area contributed by atoms with Crippen molar-refractivity contribution in [3.8, 4) is 0 Å². The van der Waals surface area contributed by atoms with Gasteiger partial charge in [-0.05, 0) is 0 Å². The number of guanidine groups is 1. The van der Waals surface area contributed by atoms with Gasteiger partial charge in [0.25, 0.3) is 0 Å². The maximum atomic E-state index is 10.7. The molecule has 5 fully saturated rings. The molecule has 116 valence electrons. The zero-order chi connectivity index (χ0) is 14.8. The maximum absolute atomic E-state index is 10.7. The number of epoxide rings is 1. The van der Waals surface area contributed by atoms with Crippen molar-refractivity contribution in [2.24, 2.45) is 16.6 Å². The molecule has 1 saturated carbocycles. The Morgan fingerprint density at radius 2 is 1.90 bits per heavy atom. The van der Waals surface area contributed by atoms with Crippen LogP contribution in [0.25, 0.3) is 0 Å². The summed E-state index contributed by atoms with van der Waals surface area (Å²) < 4.78 is 16.2. The van der Waals surface area contributed by atoms with E-state index in [1.54, 1.807) is 0 Å². The Balaban J connectivity index is 1.75. The molecule has 10 nitrogen and oxygen atoms in total. The molecule has 7 N–H and O–H groups in total. The molecule has 4 bridgehead atoms. The van der Waals surface area contributed by atoms with Gasteiger partial charge in [0.15, 0.2) is 18.3 Å². The molecule has 6 rings (SSSR count). The number of aliphatic hydroxyl groups is 4. The Morgan fingerprint density at radius 1 is 1.24 bits per heavy atom. The smallest absolute Gasteiger partial charge is 0.311 e. The van der Waals surface area contributed by atoms with Crippen LogP contribution in [0.4, 0.5) is 0 Å². The minimum absolute atomic E-state index is 0.131. The van der Waals surface area contributed by atoms with Crippen LogP contribution in [0, 0.1) is 5.92 Å². The van der Waals surface area contributed by atoms with Crippen LogP contribution < -0.4 is 11.1 Å². The van der Waals surface area contributed by atoms with E-state index < -0.39 is 53.7 Å². The SMILES string of the molecule is NC1=N[C@H](O)C2C3OC4(O)OC([C@@H](O)[C@@]2(N1)[C@@H]4O)[C@]31CO1. The number of nitrogens with two attached hydrogens (primary N) is 1. The number of aliphatic imine (C=N–C) groups is 1. The predicted molar refractivity (Wildman–Crippen MR) is 62.4 cm³/mol. The van der Waals surface area contributed by atoms with Gasteiger partial charge in [-0.3, -0.25) is 0 Å². The normalized spacial score (nSPS) is 66.8. The van der Waals surface area contributed by atoms with Gasteiger partial charge in [-0.15, -0.1) is 0 Å². The molecule has 5 heterocycles. The van der Waals surface area contributed by atoms with Gasteiger partial charge in [-0.1, -0.05) is 0 Å². The van der Waals surface area contributed by atoms with Crippen molar-refractivity contribution in [1.82, 2.24) is 5.32 Å². The minimum Gasteiger partial charge on any atom is -0.388 e.